The summed E-state index contributed by atoms with van der Waals surface area (Å²) in [4.78, 5) is 24.2. The van der Waals surface area contributed by atoms with Gasteiger partial charge in [0.15, 0.2) is 0 Å². The van der Waals surface area contributed by atoms with E-state index in [1.807, 2.05) is 30.3 Å². The summed E-state index contributed by atoms with van der Waals surface area (Å²) in [5.74, 6) is -0.293. The van der Waals surface area contributed by atoms with Gasteiger partial charge < -0.3 is 16.4 Å². The molecule has 0 aromatic heterocycles. The Bertz CT molecular complexity index is 715. The lowest BCUT2D eigenvalue weighted by Crippen LogP contribution is -2.27. The first-order valence-corrected chi connectivity index (χ1v) is 8.14. The molecule has 0 saturated heterocycles. The third-order valence-corrected chi connectivity index (χ3v) is 4.12. The highest BCUT2D eigenvalue weighted by Crippen LogP contribution is 2.30. The number of hydrogen-bond donors (Lipinski definition) is 3. The first kappa shape index (κ1) is 19.0. The largest absolute Gasteiger partial charge is 0.329 e. The topological polar surface area (TPSA) is 84.2 Å². The van der Waals surface area contributed by atoms with E-state index in [0.29, 0.717) is 5.69 Å². The number of carbonyl (C=O) groups is 2. The Morgan fingerprint density at radius 3 is 2.04 bits per heavy atom. The van der Waals surface area contributed by atoms with Gasteiger partial charge in [-0.1, -0.05) is 30.3 Å². The number of hydrogen-bond acceptors (Lipinski definition) is 3. The second-order valence-corrected chi connectivity index (χ2v) is 6.03. The zero-order chi connectivity index (χ0) is 16.9. The van der Waals surface area contributed by atoms with Gasteiger partial charge in [-0.15, -0.1) is 12.4 Å². The average Bonchev–Trinajstić information content (AvgIpc) is 3.43. The van der Waals surface area contributed by atoms with Crippen molar-refractivity contribution in [1.29, 1.82) is 0 Å². The summed E-state index contributed by atoms with van der Waals surface area (Å²) in [6, 6.07) is 16.6. The van der Waals surface area contributed by atoms with Crippen LogP contribution in [0.4, 0.5) is 11.4 Å². The van der Waals surface area contributed by atoms with Crippen molar-refractivity contribution in [2.45, 2.75) is 18.8 Å². The summed E-state index contributed by atoms with van der Waals surface area (Å²) in [5.41, 5.74) is 8.08. The molecule has 0 bridgehead atoms. The summed E-state index contributed by atoms with van der Waals surface area (Å²) in [5, 5.41) is 5.75. The molecule has 0 heterocycles. The van der Waals surface area contributed by atoms with Crippen molar-refractivity contribution in [3.8, 4) is 0 Å². The Morgan fingerprint density at radius 2 is 1.52 bits per heavy atom. The summed E-state index contributed by atoms with van der Waals surface area (Å²) >= 11 is 0. The molecule has 1 atom stereocenters. The van der Waals surface area contributed by atoms with Crippen LogP contribution in [0.1, 0.15) is 24.3 Å². The van der Waals surface area contributed by atoms with E-state index < -0.39 is 0 Å². The molecule has 132 valence electrons. The normalized spacial score (nSPS) is 14.1. The lowest BCUT2D eigenvalue weighted by atomic mass is 9.98. The molecule has 4 N–H and O–H groups in total. The molecule has 0 radical (unpaired) electrons. The van der Waals surface area contributed by atoms with Crippen molar-refractivity contribution in [1.82, 2.24) is 0 Å². The van der Waals surface area contributed by atoms with E-state index >= 15 is 0 Å². The zero-order valence-electron chi connectivity index (χ0n) is 13.8. The van der Waals surface area contributed by atoms with Crippen molar-refractivity contribution >= 4 is 35.6 Å². The van der Waals surface area contributed by atoms with E-state index in [9.17, 15) is 9.59 Å². The van der Waals surface area contributed by atoms with E-state index in [4.69, 9.17) is 5.73 Å². The standard InChI is InChI=1S/C19H21N3O2.ClH/c20-12-17(13-4-2-1-3-5-13)19(24)22-16-10-8-15(9-11-16)21-18(23)14-6-7-14;/h1-5,8-11,14,17H,6-7,12,20H2,(H,21,23)(H,22,24);1H. The predicted molar refractivity (Wildman–Crippen MR) is 102 cm³/mol. The molecular weight excluding hydrogens is 338 g/mol. The lowest BCUT2D eigenvalue weighted by Gasteiger charge is -2.15. The van der Waals surface area contributed by atoms with Crippen molar-refractivity contribution in [2.24, 2.45) is 11.7 Å². The number of amides is 2. The highest BCUT2D eigenvalue weighted by molar-refractivity contribution is 5.97. The molecule has 0 aliphatic heterocycles. The minimum Gasteiger partial charge on any atom is -0.329 e. The van der Waals surface area contributed by atoms with Gasteiger partial charge in [0.05, 0.1) is 5.92 Å². The lowest BCUT2D eigenvalue weighted by molar-refractivity contribution is -0.118. The Morgan fingerprint density at radius 1 is 0.960 bits per heavy atom. The van der Waals surface area contributed by atoms with Crippen LogP contribution in [-0.2, 0) is 9.59 Å². The van der Waals surface area contributed by atoms with Gasteiger partial charge in [0.25, 0.3) is 0 Å². The van der Waals surface area contributed by atoms with Gasteiger partial charge in [0, 0.05) is 23.8 Å². The molecule has 0 spiro atoms. The van der Waals surface area contributed by atoms with Crippen molar-refractivity contribution in [3.05, 3.63) is 60.2 Å². The van der Waals surface area contributed by atoms with Crippen LogP contribution >= 0.6 is 12.4 Å². The number of nitrogens with two attached hydrogens (primary N) is 1. The first-order valence-electron chi connectivity index (χ1n) is 8.14. The second-order valence-electron chi connectivity index (χ2n) is 6.03. The Hall–Kier alpha value is -2.37. The van der Waals surface area contributed by atoms with Gasteiger partial charge in [0.1, 0.15) is 0 Å². The van der Waals surface area contributed by atoms with Gasteiger partial charge in [-0.05, 0) is 42.7 Å². The maximum absolute atomic E-state index is 12.4. The van der Waals surface area contributed by atoms with E-state index in [-0.39, 0.29) is 42.6 Å². The molecule has 1 saturated carbocycles. The molecule has 25 heavy (non-hydrogen) atoms. The van der Waals surface area contributed by atoms with Crippen LogP contribution in [-0.4, -0.2) is 18.4 Å². The van der Waals surface area contributed by atoms with E-state index in [1.54, 1.807) is 24.3 Å². The second kappa shape index (κ2) is 8.65. The SMILES string of the molecule is Cl.NCC(C(=O)Nc1ccc(NC(=O)C2CC2)cc1)c1ccccc1. The molecule has 2 aromatic rings. The summed E-state index contributed by atoms with van der Waals surface area (Å²) < 4.78 is 0. The molecule has 1 fully saturated rings. The zero-order valence-corrected chi connectivity index (χ0v) is 14.6. The van der Waals surface area contributed by atoms with E-state index in [0.717, 1.165) is 24.1 Å². The van der Waals surface area contributed by atoms with Crippen LogP contribution in [0, 0.1) is 5.92 Å². The first-order chi connectivity index (χ1) is 11.7. The van der Waals surface area contributed by atoms with Crippen LogP contribution in [0.5, 0.6) is 0 Å². The smallest absolute Gasteiger partial charge is 0.233 e. The molecule has 1 aliphatic carbocycles. The highest BCUT2D eigenvalue weighted by atomic mass is 35.5. The Kier molecular flexibility index (Phi) is 6.56. The molecule has 6 heteroatoms. The number of anilines is 2. The van der Waals surface area contributed by atoms with Gasteiger partial charge >= 0.3 is 0 Å². The monoisotopic (exact) mass is 359 g/mol. The van der Waals surface area contributed by atoms with Crippen LogP contribution in [0.15, 0.2) is 54.6 Å². The number of benzene rings is 2. The van der Waals surface area contributed by atoms with E-state index in [1.165, 1.54) is 0 Å². The van der Waals surface area contributed by atoms with Gasteiger partial charge in [-0.3, -0.25) is 9.59 Å². The number of rotatable bonds is 6. The Balaban J connectivity index is 0.00000225. The fraction of sp³-hybridized carbons (Fsp3) is 0.263. The van der Waals surface area contributed by atoms with Crippen LogP contribution in [0.2, 0.25) is 0 Å². The third kappa shape index (κ3) is 5.05. The Labute approximate surface area is 153 Å². The van der Waals surface area contributed by atoms with Gasteiger partial charge in [-0.2, -0.15) is 0 Å². The fourth-order valence-electron chi connectivity index (χ4n) is 2.54. The number of carbonyl (C=O) groups excluding carboxylic acids is 2. The van der Waals surface area contributed by atoms with Crippen molar-refractivity contribution in [3.63, 3.8) is 0 Å². The maximum Gasteiger partial charge on any atom is 0.233 e. The molecular formula is C19H22ClN3O2. The van der Waals surface area contributed by atoms with Crippen LogP contribution in [0.25, 0.3) is 0 Å². The summed E-state index contributed by atoms with van der Waals surface area (Å²) in [6.07, 6.45) is 1.94. The van der Waals surface area contributed by atoms with E-state index in [2.05, 4.69) is 10.6 Å². The minimum atomic E-state index is -0.388. The number of nitrogens with one attached hydrogen (secondary N) is 2. The maximum atomic E-state index is 12.4. The molecule has 3 rings (SSSR count). The fourth-order valence-corrected chi connectivity index (χ4v) is 2.54. The molecule has 5 nitrogen and oxygen atoms in total. The number of halogens is 1. The van der Waals surface area contributed by atoms with Crippen LogP contribution in [0.3, 0.4) is 0 Å². The minimum absolute atomic E-state index is 0. The highest BCUT2D eigenvalue weighted by Gasteiger charge is 2.29. The summed E-state index contributed by atoms with van der Waals surface area (Å²) in [6.45, 7) is 0.241. The molecule has 2 amide bonds. The average molecular weight is 360 g/mol. The van der Waals surface area contributed by atoms with Crippen LogP contribution < -0.4 is 16.4 Å². The molecule has 1 aliphatic rings. The quantitative estimate of drug-likeness (QED) is 0.740. The molecule has 2 aromatic carbocycles. The van der Waals surface area contributed by atoms with Gasteiger partial charge in [-0.25, -0.2) is 0 Å². The van der Waals surface area contributed by atoms with Gasteiger partial charge in [0.2, 0.25) is 11.8 Å². The third-order valence-electron chi connectivity index (χ3n) is 4.12. The molecule has 1 unspecified atom stereocenters. The van der Waals surface area contributed by atoms with Crippen molar-refractivity contribution < 1.29 is 9.59 Å². The predicted octanol–water partition coefficient (Wildman–Crippen LogP) is 3.14. The summed E-state index contributed by atoms with van der Waals surface area (Å²) in [7, 11) is 0. The van der Waals surface area contributed by atoms with Crippen molar-refractivity contribution in [2.75, 3.05) is 17.2 Å².